The Labute approximate surface area is 123 Å². The van der Waals surface area contributed by atoms with Gasteiger partial charge < -0.3 is 9.88 Å². The first-order chi connectivity index (χ1) is 9.55. The lowest BCUT2D eigenvalue weighted by Crippen LogP contribution is -2.33. The van der Waals surface area contributed by atoms with Crippen molar-refractivity contribution in [2.45, 2.75) is 65.5 Å². The van der Waals surface area contributed by atoms with Gasteiger partial charge in [0.05, 0.1) is 6.04 Å². The highest BCUT2D eigenvalue weighted by Crippen LogP contribution is 2.43. The molecule has 0 amide bonds. The van der Waals surface area contributed by atoms with E-state index in [0.29, 0.717) is 11.5 Å². The fourth-order valence-electron chi connectivity index (χ4n) is 4.25. The molecule has 0 radical (unpaired) electrons. The van der Waals surface area contributed by atoms with Gasteiger partial charge in [0.2, 0.25) is 0 Å². The average molecular weight is 274 g/mol. The average Bonchev–Trinajstić information content (AvgIpc) is 2.78. The van der Waals surface area contributed by atoms with Gasteiger partial charge in [-0.1, -0.05) is 20.8 Å². The molecule has 2 aliphatic rings. The molecule has 2 heteroatoms. The highest BCUT2D eigenvalue weighted by Gasteiger charge is 2.34. The SMILES string of the molecule is CC(C)(C)C1CCC(C2NCCCn3cccc32)CC1. The zero-order valence-corrected chi connectivity index (χ0v) is 13.4. The molecule has 0 saturated heterocycles. The molecule has 1 N–H and O–H groups in total. The predicted molar refractivity (Wildman–Crippen MR) is 84.7 cm³/mol. The van der Waals surface area contributed by atoms with E-state index in [-0.39, 0.29) is 0 Å². The second kappa shape index (κ2) is 5.55. The molecule has 2 nitrogen and oxygen atoms in total. The first kappa shape index (κ1) is 14.2. The number of hydrogen-bond donors (Lipinski definition) is 1. The zero-order valence-electron chi connectivity index (χ0n) is 13.4. The molecule has 1 aromatic heterocycles. The Hall–Kier alpha value is -0.760. The Morgan fingerprint density at radius 2 is 1.90 bits per heavy atom. The van der Waals surface area contributed by atoms with E-state index in [1.54, 1.807) is 0 Å². The van der Waals surface area contributed by atoms with E-state index in [2.05, 4.69) is 49.0 Å². The number of rotatable bonds is 1. The van der Waals surface area contributed by atoms with E-state index in [9.17, 15) is 0 Å². The molecule has 1 unspecified atom stereocenters. The smallest absolute Gasteiger partial charge is 0.0503 e. The number of nitrogens with one attached hydrogen (secondary N) is 1. The molecule has 112 valence electrons. The molecule has 0 aromatic carbocycles. The Kier molecular flexibility index (Phi) is 3.94. The molecular formula is C18H30N2. The minimum atomic E-state index is 0.488. The molecule has 1 aromatic rings. The molecule has 20 heavy (non-hydrogen) atoms. The predicted octanol–water partition coefficient (Wildman–Crippen LogP) is 4.38. The minimum absolute atomic E-state index is 0.488. The van der Waals surface area contributed by atoms with Gasteiger partial charge in [-0.3, -0.25) is 0 Å². The first-order valence-corrected chi connectivity index (χ1v) is 8.44. The highest BCUT2D eigenvalue weighted by molar-refractivity contribution is 5.14. The van der Waals surface area contributed by atoms with Crippen molar-refractivity contribution < 1.29 is 0 Å². The summed E-state index contributed by atoms with van der Waals surface area (Å²) in [5, 5.41) is 3.83. The van der Waals surface area contributed by atoms with Gasteiger partial charge in [-0.25, -0.2) is 0 Å². The summed E-state index contributed by atoms with van der Waals surface area (Å²) < 4.78 is 2.47. The lowest BCUT2D eigenvalue weighted by Gasteiger charge is -2.39. The summed E-state index contributed by atoms with van der Waals surface area (Å²) in [6.45, 7) is 9.59. The van der Waals surface area contributed by atoms with Crippen LogP contribution in [0.1, 0.15) is 64.6 Å². The van der Waals surface area contributed by atoms with E-state index in [4.69, 9.17) is 0 Å². The number of nitrogens with zero attached hydrogens (tertiary/aromatic N) is 1. The molecule has 0 bridgehead atoms. The van der Waals surface area contributed by atoms with E-state index in [1.165, 1.54) is 50.9 Å². The minimum Gasteiger partial charge on any atom is -0.350 e. The van der Waals surface area contributed by atoms with Crippen molar-refractivity contribution in [1.82, 2.24) is 9.88 Å². The fourth-order valence-corrected chi connectivity index (χ4v) is 4.25. The van der Waals surface area contributed by atoms with Gasteiger partial charge in [0.15, 0.2) is 0 Å². The second-order valence-corrected chi connectivity index (χ2v) is 7.89. The second-order valence-electron chi connectivity index (χ2n) is 7.89. The third-order valence-corrected chi connectivity index (χ3v) is 5.59. The van der Waals surface area contributed by atoms with Crippen molar-refractivity contribution in [2.75, 3.05) is 6.54 Å². The third-order valence-electron chi connectivity index (χ3n) is 5.59. The summed E-state index contributed by atoms with van der Waals surface area (Å²) in [6.07, 6.45) is 9.13. The summed E-state index contributed by atoms with van der Waals surface area (Å²) in [5.41, 5.74) is 2.02. The number of aryl methyl sites for hydroxylation is 1. The Bertz CT molecular complexity index is 433. The van der Waals surface area contributed by atoms with E-state index < -0.39 is 0 Å². The van der Waals surface area contributed by atoms with Crippen LogP contribution in [0.3, 0.4) is 0 Å². The molecule has 1 atom stereocenters. The maximum absolute atomic E-state index is 3.83. The van der Waals surface area contributed by atoms with Crippen LogP contribution in [-0.4, -0.2) is 11.1 Å². The summed E-state index contributed by atoms with van der Waals surface area (Å²) in [7, 11) is 0. The topological polar surface area (TPSA) is 17.0 Å². The third kappa shape index (κ3) is 2.81. The van der Waals surface area contributed by atoms with Crippen LogP contribution in [-0.2, 0) is 6.54 Å². The van der Waals surface area contributed by atoms with Crippen LogP contribution >= 0.6 is 0 Å². The van der Waals surface area contributed by atoms with Crippen LogP contribution in [0, 0.1) is 17.3 Å². The summed E-state index contributed by atoms with van der Waals surface area (Å²) >= 11 is 0. The van der Waals surface area contributed by atoms with Crippen LogP contribution in [0.25, 0.3) is 0 Å². The number of aromatic nitrogens is 1. The lowest BCUT2D eigenvalue weighted by molar-refractivity contribution is 0.132. The van der Waals surface area contributed by atoms with Crippen LogP contribution in [0.5, 0.6) is 0 Å². The largest absolute Gasteiger partial charge is 0.350 e. The lowest BCUT2D eigenvalue weighted by atomic mass is 9.68. The molecule has 1 saturated carbocycles. The van der Waals surface area contributed by atoms with Gasteiger partial charge in [0.1, 0.15) is 0 Å². The first-order valence-electron chi connectivity index (χ1n) is 8.44. The molecule has 1 aliphatic heterocycles. The maximum Gasteiger partial charge on any atom is 0.0503 e. The maximum atomic E-state index is 3.83. The van der Waals surface area contributed by atoms with Gasteiger partial charge in [0, 0.05) is 18.4 Å². The Morgan fingerprint density at radius 3 is 2.60 bits per heavy atom. The molecule has 1 aliphatic carbocycles. The molecule has 3 rings (SSSR count). The van der Waals surface area contributed by atoms with Crippen LogP contribution < -0.4 is 5.32 Å². The number of fused-ring (bicyclic) bond motifs is 1. The summed E-state index contributed by atoms with van der Waals surface area (Å²) in [5.74, 6) is 1.75. The van der Waals surface area contributed by atoms with Gasteiger partial charge in [0.25, 0.3) is 0 Å². The molecular weight excluding hydrogens is 244 g/mol. The van der Waals surface area contributed by atoms with Gasteiger partial charge in [-0.15, -0.1) is 0 Å². The monoisotopic (exact) mass is 274 g/mol. The van der Waals surface area contributed by atoms with E-state index in [0.717, 1.165) is 11.8 Å². The normalized spacial score (nSPS) is 31.6. The highest BCUT2D eigenvalue weighted by atomic mass is 15.1. The van der Waals surface area contributed by atoms with Crippen molar-refractivity contribution in [3.8, 4) is 0 Å². The van der Waals surface area contributed by atoms with Gasteiger partial charge in [-0.05, 0) is 68.0 Å². The number of hydrogen-bond acceptors (Lipinski definition) is 1. The van der Waals surface area contributed by atoms with Crippen molar-refractivity contribution in [3.05, 3.63) is 24.0 Å². The summed E-state index contributed by atoms with van der Waals surface area (Å²) in [6, 6.07) is 5.14. The quantitative estimate of drug-likeness (QED) is 0.804. The molecule has 1 fully saturated rings. The Morgan fingerprint density at radius 1 is 1.15 bits per heavy atom. The van der Waals surface area contributed by atoms with Crippen molar-refractivity contribution in [3.63, 3.8) is 0 Å². The molecule has 2 heterocycles. The van der Waals surface area contributed by atoms with Gasteiger partial charge in [-0.2, -0.15) is 0 Å². The van der Waals surface area contributed by atoms with Crippen LogP contribution in [0.15, 0.2) is 18.3 Å². The Balaban J connectivity index is 1.69. The van der Waals surface area contributed by atoms with Crippen LogP contribution in [0.4, 0.5) is 0 Å². The summed E-state index contributed by atoms with van der Waals surface area (Å²) in [4.78, 5) is 0. The van der Waals surface area contributed by atoms with E-state index in [1.807, 2.05) is 0 Å². The van der Waals surface area contributed by atoms with Gasteiger partial charge >= 0.3 is 0 Å². The zero-order chi connectivity index (χ0) is 14.2. The van der Waals surface area contributed by atoms with Crippen molar-refractivity contribution in [2.24, 2.45) is 17.3 Å². The van der Waals surface area contributed by atoms with Crippen molar-refractivity contribution >= 4 is 0 Å². The van der Waals surface area contributed by atoms with Crippen LogP contribution in [0.2, 0.25) is 0 Å². The van der Waals surface area contributed by atoms with E-state index >= 15 is 0 Å². The van der Waals surface area contributed by atoms with Crippen molar-refractivity contribution in [1.29, 1.82) is 0 Å². The fraction of sp³-hybridized carbons (Fsp3) is 0.778. The molecule has 0 spiro atoms. The standard InChI is InChI=1S/C18H30N2/c1-18(2,3)15-9-7-14(8-10-15)17-16-6-4-12-20(16)13-5-11-19-17/h4,6,12,14-15,17,19H,5,7-11,13H2,1-3H3.